The number of rotatable bonds is 7. The fourth-order valence-electron chi connectivity index (χ4n) is 10.5. The zero-order valence-corrected chi connectivity index (χ0v) is 24.3. The molecule has 37 heavy (non-hydrogen) atoms. The summed E-state index contributed by atoms with van der Waals surface area (Å²) in [6.45, 7) is 12.6. The van der Waals surface area contributed by atoms with Crippen LogP contribution in [-0.4, -0.2) is 52.6 Å². The smallest absolute Gasteiger partial charge is 0.186 e. The normalized spacial score (nSPS) is 50.8. The van der Waals surface area contributed by atoms with Gasteiger partial charge in [0.05, 0.1) is 12.7 Å². The summed E-state index contributed by atoms with van der Waals surface area (Å²) in [6.07, 6.45) is 11.6. The van der Waals surface area contributed by atoms with E-state index in [1.807, 2.05) is 0 Å². The predicted octanol–water partition coefficient (Wildman–Crippen LogP) is 5.93. The van der Waals surface area contributed by atoms with Crippen molar-refractivity contribution in [2.45, 2.75) is 142 Å². The van der Waals surface area contributed by atoms with E-state index in [1.54, 1.807) is 0 Å². The zero-order valence-electron chi connectivity index (χ0n) is 24.3. The molecular formula is C32H56O5. The molecule has 5 nitrogen and oxygen atoms in total. The highest BCUT2D eigenvalue weighted by Gasteiger charge is 2.60. The average molecular weight is 521 g/mol. The molecule has 0 amide bonds. The van der Waals surface area contributed by atoms with Crippen LogP contribution in [0, 0.1) is 52.3 Å². The summed E-state index contributed by atoms with van der Waals surface area (Å²) in [6, 6.07) is 0. The van der Waals surface area contributed by atoms with Gasteiger partial charge in [0.1, 0.15) is 18.3 Å². The maximum absolute atomic E-state index is 10.4. The fourth-order valence-corrected chi connectivity index (χ4v) is 10.5. The molecule has 1 aliphatic heterocycles. The molecule has 3 N–H and O–H groups in total. The molecule has 0 spiro atoms. The summed E-state index contributed by atoms with van der Waals surface area (Å²) in [4.78, 5) is 0. The van der Waals surface area contributed by atoms with Crippen molar-refractivity contribution < 1.29 is 24.8 Å². The van der Waals surface area contributed by atoms with E-state index >= 15 is 0 Å². The maximum atomic E-state index is 10.4. The van der Waals surface area contributed by atoms with Crippen LogP contribution in [0.3, 0.4) is 0 Å². The first-order valence-corrected chi connectivity index (χ1v) is 15.9. The Morgan fingerprint density at radius 1 is 0.838 bits per heavy atom. The van der Waals surface area contributed by atoms with Crippen LogP contribution in [0.15, 0.2) is 0 Å². The van der Waals surface area contributed by atoms with E-state index in [1.165, 1.54) is 64.2 Å². The zero-order chi connectivity index (χ0) is 26.5. The molecule has 5 fully saturated rings. The lowest BCUT2D eigenvalue weighted by Gasteiger charge is -2.61. The summed E-state index contributed by atoms with van der Waals surface area (Å²) in [5, 5.41) is 30.2. The van der Waals surface area contributed by atoms with Crippen molar-refractivity contribution in [2.24, 2.45) is 52.3 Å². The second-order valence-electron chi connectivity index (χ2n) is 15.0. The molecule has 0 unspecified atom stereocenters. The third-order valence-electron chi connectivity index (χ3n) is 12.6. The van der Waals surface area contributed by atoms with Crippen molar-refractivity contribution in [2.75, 3.05) is 6.61 Å². The van der Waals surface area contributed by atoms with Crippen molar-refractivity contribution in [1.29, 1.82) is 0 Å². The van der Waals surface area contributed by atoms with Crippen LogP contribution in [0.5, 0.6) is 0 Å². The third kappa shape index (κ3) is 5.19. The van der Waals surface area contributed by atoms with Crippen LogP contribution >= 0.6 is 0 Å². The van der Waals surface area contributed by atoms with Crippen LogP contribution in [0.2, 0.25) is 0 Å². The van der Waals surface area contributed by atoms with Gasteiger partial charge in [0, 0.05) is 0 Å². The summed E-state index contributed by atoms with van der Waals surface area (Å²) in [7, 11) is 0. The molecule has 13 atom stereocenters. The molecule has 4 aliphatic carbocycles. The average Bonchev–Trinajstić information content (AvgIpc) is 3.21. The molecule has 214 valence electrons. The summed E-state index contributed by atoms with van der Waals surface area (Å²) in [5.41, 5.74) is 0.939. The minimum Gasteiger partial charge on any atom is -0.388 e. The van der Waals surface area contributed by atoms with Crippen LogP contribution in [0.25, 0.3) is 0 Å². The standard InChI is InChI=1S/C32H56O5/c1-19(2)7-6-8-20(3)24-11-12-25-23-10-9-21-17-22(37-30-29(35)28(34)27(33)18-36-30)13-15-31(21,4)26(23)14-16-32(24,25)5/h19-30,33-35H,6-18H2,1-5H3/t20-,21+,22-,23+,24-,25+,26+,27-,28+,29-,30+,31+,32-/m1/s1. The number of ether oxygens (including phenoxy) is 2. The summed E-state index contributed by atoms with van der Waals surface area (Å²) in [5.74, 6) is 5.91. The van der Waals surface area contributed by atoms with Crippen LogP contribution in [0.1, 0.15) is 112 Å². The van der Waals surface area contributed by atoms with Gasteiger partial charge in [-0.25, -0.2) is 0 Å². The van der Waals surface area contributed by atoms with E-state index in [4.69, 9.17) is 9.47 Å². The van der Waals surface area contributed by atoms with Crippen molar-refractivity contribution >= 4 is 0 Å². The largest absolute Gasteiger partial charge is 0.388 e. The Morgan fingerprint density at radius 2 is 1.57 bits per heavy atom. The molecule has 1 heterocycles. The maximum Gasteiger partial charge on any atom is 0.186 e. The summed E-state index contributed by atoms with van der Waals surface area (Å²) >= 11 is 0. The van der Waals surface area contributed by atoms with Gasteiger partial charge in [-0.15, -0.1) is 0 Å². The van der Waals surface area contributed by atoms with E-state index in [9.17, 15) is 15.3 Å². The van der Waals surface area contributed by atoms with Crippen molar-refractivity contribution in [1.82, 2.24) is 0 Å². The molecular weight excluding hydrogens is 464 g/mol. The molecule has 0 bridgehead atoms. The Kier molecular flexibility index (Phi) is 8.42. The molecule has 5 aliphatic rings. The van der Waals surface area contributed by atoms with E-state index in [0.29, 0.717) is 16.7 Å². The van der Waals surface area contributed by atoms with Gasteiger partial charge in [0.2, 0.25) is 0 Å². The van der Waals surface area contributed by atoms with E-state index < -0.39 is 24.6 Å². The number of hydrogen-bond donors (Lipinski definition) is 3. The minimum absolute atomic E-state index is 0.0119. The highest BCUT2D eigenvalue weighted by atomic mass is 16.7. The van der Waals surface area contributed by atoms with Gasteiger partial charge in [-0.3, -0.25) is 0 Å². The Balaban J connectivity index is 1.20. The van der Waals surface area contributed by atoms with E-state index in [0.717, 1.165) is 48.3 Å². The first kappa shape index (κ1) is 28.3. The van der Waals surface area contributed by atoms with Crippen LogP contribution in [-0.2, 0) is 9.47 Å². The lowest BCUT2D eigenvalue weighted by Crippen LogP contribution is -2.56. The minimum atomic E-state index is -1.20. The lowest BCUT2D eigenvalue weighted by molar-refractivity contribution is -0.289. The molecule has 5 rings (SSSR count). The first-order chi connectivity index (χ1) is 17.5. The number of aliphatic hydroxyl groups is 3. The molecule has 5 heteroatoms. The lowest BCUT2D eigenvalue weighted by atomic mass is 9.44. The summed E-state index contributed by atoms with van der Waals surface area (Å²) < 4.78 is 11.8. The number of aliphatic hydroxyl groups excluding tert-OH is 3. The fraction of sp³-hybridized carbons (Fsp3) is 1.00. The SMILES string of the molecule is CC(C)CCC[C@@H](C)[C@H]1CC[C@H]2[C@@H]3CC[C@H]4C[C@H](O[C@@H]5OC[C@@H](O)[C@H](O)[C@H]5O)CC[C@]4(C)[C@H]3CC[C@]12C. The van der Waals surface area contributed by atoms with E-state index in [-0.39, 0.29) is 12.7 Å². The molecule has 4 saturated carbocycles. The van der Waals surface area contributed by atoms with Gasteiger partial charge >= 0.3 is 0 Å². The van der Waals surface area contributed by atoms with Gasteiger partial charge in [-0.05, 0) is 110 Å². The van der Waals surface area contributed by atoms with Gasteiger partial charge in [-0.2, -0.15) is 0 Å². The number of hydrogen-bond acceptors (Lipinski definition) is 5. The molecule has 0 aromatic carbocycles. The second kappa shape index (κ2) is 11.0. The first-order valence-electron chi connectivity index (χ1n) is 15.9. The van der Waals surface area contributed by atoms with Gasteiger partial charge in [0.25, 0.3) is 0 Å². The van der Waals surface area contributed by atoms with Crippen molar-refractivity contribution in [3.05, 3.63) is 0 Å². The highest BCUT2D eigenvalue weighted by molar-refractivity contribution is 5.10. The Hall–Kier alpha value is -0.200. The molecule has 0 aromatic heterocycles. The Labute approximate surface area is 226 Å². The predicted molar refractivity (Wildman–Crippen MR) is 146 cm³/mol. The Morgan fingerprint density at radius 3 is 2.32 bits per heavy atom. The van der Waals surface area contributed by atoms with E-state index in [2.05, 4.69) is 34.6 Å². The topological polar surface area (TPSA) is 79.2 Å². The second-order valence-corrected chi connectivity index (χ2v) is 15.0. The molecule has 0 radical (unpaired) electrons. The van der Waals surface area contributed by atoms with Gasteiger partial charge in [0.15, 0.2) is 6.29 Å². The van der Waals surface area contributed by atoms with Crippen LogP contribution in [0.4, 0.5) is 0 Å². The van der Waals surface area contributed by atoms with Crippen LogP contribution < -0.4 is 0 Å². The molecule has 1 saturated heterocycles. The van der Waals surface area contributed by atoms with Gasteiger partial charge in [-0.1, -0.05) is 53.9 Å². The quantitative estimate of drug-likeness (QED) is 0.363. The van der Waals surface area contributed by atoms with Crippen molar-refractivity contribution in [3.8, 4) is 0 Å². The number of fused-ring (bicyclic) bond motifs is 5. The monoisotopic (exact) mass is 520 g/mol. The molecule has 0 aromatic rings. The van der Waals surface area contributed by atoms with Gasteiger partial charge < -0.3 is 24.8 Å². The third-order valence-corrected chi connectivity index (χ3v) is 12.6. The Bertz CT molecular complexity index is 772. The van der Waals surface area contributed by atoms with Crippen molar-refractivity contribution in [3.63, 3.8) is 0 Å². The highest BCUT2D eigenvalue weighted by Crippen LogP contribution is 2.68.